The molecule has 0 saturated heterocycles. The SMILES string of the molecule is CCCCCCCCCCCC(=O)O.CCCCCCCCCCCCCCCCCC(=O)O.CCCCCCCCCCCCCCCCCCCCCC(=O)O. The van der Waals surface area contributed by atoms with Crippen LogP contribution in [-0.2, 0) is 14.4 Å². The second kappa shape index (κ2) is 57.5. The van der Waals surface area contributed by atoms with Gasteiger partial charge in [0.05, 0.1) is 0 Å². The van der Waals surface area contributed by atoms with Gasteiger partial charge < -0.3 is 15.3 Å². The van der Waals surface area contributed by atoms with E-state index < -0.39 is 17.9 Å². The minimum atomic E-state index is -0.659. The molecule has 0 aromatic heterocycles. The normalized spacial score (nSPS) is 10.8. The summed E-state index contributed by atoms with van der Waals surface area (Å²) in [5, 5.41) is 25.5. The predicted octanol–water partition coefficient (Wildman–Crippen LogP) is 18.2. The highest BCUT2D eigenvalue weighted by atomic mass is 16.4. The van der Waals surface area contributed by atoms with Crippen molar-refractivity contribution in [1.82, 2.24) is 0 Å². The number of unbranched alkanes of at least 4 members (excludes halogenated alkanes) is 40. The Kier molecular flexibility index (Phi) is 60.2. The first-order chi connectivity index (χ1) is 28.3. The van der Waals surface area contributed by atoms with E-state index in [0.29, 0.717) is 19.3 Å². The maximum Gasteiger partial charge on any atom is 0.303 e. The first-order valence-electron chi connectivity index (χ1n) is 26.0. The van der Waals surface area contributed by atoms with Gasteiger partial charge in [0, 0.05) is 19.3 Å². The zero-order chi connectivity index (χ0) is 43.3. The first kappa shape index (κ1) is 60.7. The van der Waals surface area contributed by atoms with Gasteiger partial charge in [0.2, 0.25) is 0 Å². The monoisotopic (exact) mass is 825 g/mol. The number of carbonyl (C=O) groups is 3. The fourth-order valence-electron chi connectivity index (χ4n) is 7.59. The highest BCUT2D eigenvalue weighted by molar-refractivity contribution is 5.67. The summed E-state index contributed by atoms with van der Waals surface area (Å²) in [5.41, 5.74) is 0. The van der Waals surface area contributed by atoms with Crippen LogP contribution in [0.25, 0.3) is 0 Å². The molecule has 0 unspecified atom stereocenters. The lowest BCUT2D eigenvalue weighted by Crippen LogP contribution is -1.93. The topological polar surface area (TPSA) is 112 Å². The van der Waals surface area contributed by atoms with Crippen molar-refractivity contribution in [2.24, 2.45) is 0 Å². The molecule has 0 aliphatic rings. The third kappa shape index (κ3) is 69.1. The third-order valence-corrected chi connectivity index (χ3v) is 11.5. The summed E-state index contributed by atoms with van der Waals surface area (Å²) in [4.78, 5) is 30.9. The highest BCUT2D eigenvalue weighted by Gasteiger charge is 2.00. The molecule has 0 aliphatic carbocycles. The molecule has 3 N–H and O–H groups in total. The van der Waals surface area contributed by atoms with Crippen LogP contribution >= 0.6 is 0 Å². The molecule has 0 aliphatic heterocycles. The summed E-state index contributed by atoms with van der Waals surface area (Å²) < 4.78 is 0. The number of carboxylic acid groups (broad SMARTS) is 3. The lowest BCUT2D eigenvalue weighted by atomic mass is 10.0. The summed E-state index contributed by atoms with van der Waals surface area (Å²) in [6.45, 7) is 6.78. The maximum absolute atomic E-state index is 10.4. The Morgan fingerprint density at radius 1 is 0.207 bits per heavy atom. The van der Waals surface area contributed by atoms with E-state index in [2.05, 4.69) is 20.8 Å². The van der Waals surface area contributed by atoms with Crippen LogP contribution in [0.1, 0.15) is 316 Å². The quantitative estimate of drug-likeness (QED) is 0.0527. The summed E-state index contributed by atoms with van der Waals surface area (Å²) in [6, 6.07) is 0. The van der Waals surface area contributed by atoms with Crippen LogP contribution in [0, 0.1) is 0 Å². The average molecular weight is 825 g/mol. The molecule has 0 fully saturated rings. The van der Waals surface area contributed by atoms with Crippen LogP contribution < -0.4 is 0 Å². The number of rotatable bonds is 46. The van der Waals surface area contributed by atoms with Gasteiger partial charge in [-0.05, 0) is 19.3 Å². The first-order valence-corrected chi connectivity index (χ1v) is 26.0. The summed E-state index contributed by atoms with van der Waals surface area (Å²) in [7, 11) is 0. The zero-order valence-corrected chi connectivity index (χ0v) is 39.6. The minimum Gasteiger partial charge on any atom is -0.481 e. The Morgan fingerprint density at radius 3 is 0.414 bits per heavy atom. The van der Waals surface area contributed by atoms with Gasteiger partial charge in [-0.15, -0.1) is 0 Å². The number of aliphatic carboxylic acids is 3. The van der Waals surface area contributed by atoms with E-state index in [1.165, 1.54) is 238 Å². The van der Waals surface area contributed by atoms with Crippen molar-refractivity contribution in [2.75, 3.05) is 0 Å². The third-order valence-electron chi connectivity index (χ3n) is 11.5. The van der Waals surface area contributed by atoms with Crippen LogP contribution in [0.2, 0.25) is 0 Å². The van der Waals surface area contributed by atoms with Crippen molar-refractivity contribution >= 4 is 17.9 Å². The number of hydrogen-bond donors (Lipinski definition) is 3. The smallest absolute Gasteiger partial charge is 0.303 e. The van der Waals surface area contributed by atoms with Gasteiger partial charge >= 0.3 is 17.9 Å². The van der Waals surface area contributed by atoms with Gasteiger partial charge in [-0.25, -0.2) is 0 Å². The molecule has 0 radical (unpaired) electrons. The molecule has 0 atom stereocenters. The molecular formula is C52H104O6. The van der Waals surface area contributed by atoms with E-state index in [1.807, 2.05) is 0 Å². The van der Waals surface area contributed by atoms with Crippen LogP contribution in [0.3, 0.4) is 0 Å². The Hall–Kier alpha value is -1.59. The lowest BCUT2D eigenvalue weighted by molar-refractivity contribution is -0.138. The van der Waals surface area contributed by atoms with E-state index in [4.69, 9.17) is 15.3 Å². The van der Waals surface area contributed by atoms with E-state index in [-0.39, 0.29) is 0 Å². The summed E-state index contributed by atoms with van der Waals surface area (Å²) in [5.74, 6) is -1.96. The van der Waals surface area contributed by atoms with Crippen LogP contribution in [0.15, 0.2) is 0 Å². The van der Waals surface area contributed by atoms with E-state index in [1.54, 1.807) is 0 Å². The van der Waals surface area contributed by atoms with Crippen molar-refractivity contribution in [3.8, 4) is 0 Å². The van der Waals surface area contributed by atoms with E-state index >= 15 is 0 Å². The molecule has 0 spiro atoms. The summed E-state index contributed by atoms with van der Waals surface area (Å²) in [6.07, 6.45) is 57.8. The van der Waals surface area contributed by atoms with E-state index in [9.17, 15) is 14.4 Å². The molecule has 0 saturated carbocycles. The fourth-order valence-corrected chi connectivity index (χ4v) is 7.59. The van der Waals surface area contributed by atoms with Gasteiger partial charge in [-0.1, -0.05) is 278 Å². The molecule has 0 bridgehead atoms. The fraction of sp³-hybridized carbons (Fsp3) is 0.942. The molecule has 348 valence electrons. The molecule has 0 aromatic carbocycles. The molecular weight excluding hydrogens is 721 g/mol. The minimum absolute atomic E-state index is 0.343. The Labute approximate surface area is 362 Å². The van der Waals surface area contributed by atoms with Gasteiger partial charge in [0.25, 0.3) is 0 Å². The van der Waals surface area contributed by atoms with Crippen molar-refractivity contribution in [3.63, 3.8) is 0 Å². The van der Waals surface area contributed by atoms with Crippen LogP contribution in [-0.4, -0.2) is 33.2 Å². The van der Waals surface area contributed by atoms with Crippen molar-refractivity contribution in [1.29, 1.82) is 0 Å². The number of carboxylic acids is 3. The Morgan fingerprint density at radius 2 is 0.310 bits per heavy atom. The van der Waals surface area contributed by atoms with Gasteiger partial charge in [-0.3, -0.25) is 14.4 Å². The molecule has 0 rings (SSSR count). The highest BCUT2D eigenvalue weighted by Crippen LogP contribution is 2.16. The second-order valence-corrected chi connectivity index (χ2v) is 17.6. The van der Waals surface area contributed by atoms with Crippen LogP contribution in [0.5, 0.6) is 0 Å². The van der Waals surface area contributed by atoms with Crippen molar-refractivity contribution in [3.05, 3.63) is 0 Å². The van der Waals surface area contributed by atoms with Gasteiger partial charge in [0.1, 0.15) is 0 Å². The standard InChI is InChI=1S/C22H44O2.C18H36O2.C12H24O2/c1-2-3-4-5-6-7-8-9-10-11-12-13-14-15-16-17-18-19-20-21-22(23)24;1-2-3-4-5-6-7-8-9-10-11-12-13-14-15-16-17-18(19)20;1-2-3-4-5-6-7-8-9-10-11-12(13)14/h2-21H2,1H3,(H,23,24);2-17H2,1H3,(H,19,20);2-11H2,1H3,(H,13,14). The van der Waals surface area contributed by atoms with Crippen LogP contribution in [0.4, 0.5) is 0 Å². The lowest BCUT2D eigenvalue weighted by Gasteiger charge is -2.03. The Balaban J connectivity index is -0.000000810. The summed E-state index contributed by atoms with van der Waals surface area (Å²) >= 11 is 0. The molecule has 6 heteroatoms. The van der Waals surface area contributed by atoms with Gasteiger partial charge in [-0.2, -0.15) is 0 Å². The zero-order valence-electron chi connectivity index (χ0n) is 39.6. The number of hydrogen-bond acceptors (Lipinski definition) is 3. The molecule has 6 nitrogen and oxygen atoms in total. The van der Waals surface area contributed by atoms with E-state index in [0.717, 1.165) is 38.5 Å². The second-order valence-electron chi connectivity index (χ2n) is 17.6. The van der Waals surface area contributed by atoms with Crippen molar-refractivity contribution < 1.29 is 29.7 Å². The van der Waals surface area contributed by atoms with Gasteiger partial charge in [0.15, 0.2) is 0 Å². The molecule has 58 heavy (non-hydrogen) atoms. The maximum atomic E-state index is 10.4. The van der Waals surface area contributed by atoms with Crippen molar-refractivity contribution in [2.45, 2.75) is 316 Å². The molecule has 0 aromatic rings. The molecule has 0 amide bonds. The Bertz CT molecular complexity index is 784. The molecule has 0 heterocycles. The largest absolute Gasteiger partial charge is 0.481 e. The predicted molar refractivity (Wildman–Crippen MR) is 252 cm³/mol. The average Bonchev–Trinajstić information content (AvgIpc) is 3.20.